The van der Waals surface area contributed by atoms with E-state index in [-0.39, 0.29) is 23.7 Å². The van der Waals surface area contributed by atoms with Crippen molar-refractivity contribution in [2.24, 2.45) is 11.8 Å². The molecule has 1 saturated heterocycles. The van der Waals surface area contributed by atoms with Crippen LogP contribution in [0.4, 0.5) is 0 Å². The summed E-state index contributed by atoms with van der Waals surface area (Å²) in [4.78, 5) is 31.3. The highest BCUT2D eigenvalue weighted by Gasteiger charge is 2.49. The van der Waals surface area contributed by atoms with E-state index in [9.17, 15) is 9.59 Å². The van der Waals surface area contributed by atoms with Crippen LogP contribution in [0.25, 0.3) is 0 Å². The van der Waals surface area contributed by atoms with Crippen LogP contribution < -0.4 is 5.32 Å². The first-order valence-electron chi connectivity index (χ1n) is 10.0. The van der Waals surface area contributed by atoms with Crippen molar-refractivity contribution in [2.75, 3.05) is 53.4 Å². The van der Waals surface area contributed by atoms with E-state index in [1.807, 2.05) is 25.1 Å². The minimum atomic E-state index is -0.112. The van der Waals surface area contributed by atoms with Gasteiger partial charge in [0, 0.05) is 39.3 Å². The van der Waals surface area contributed by atoms with Crippen molar-refractivity contribution in [3.8, 4) is 0 Å². The zero-order valence-corrected chi connectivity index (χ0v) is 16.6. The van der Waals surface area contributed by atoms with Crippen molar-refractivity contribution in [1.82, 2.24) is 20.0 Å². The predicted octanol–water partition coefficient (Wildman–Crippen LogP) is 1.03. The van der Waals surface area contributed by atoms with Gasteiger partial charge in [-0.3, -0.25) is 14.5 Å². The fourth-order valence-corrected chi connectivity index (χ4v) is 3.70. The smallest absolute Gasteiger partial charge is 0.226 e. The Bertz CT molecular complexity index is 626. The highest BCUT2D eigenvalue weighted by Crippen LogP contribution is 2.40. The second kappa shape index (κ2) is 9.33. The van der Waals surface area contributed by atoms with Gasteiger partial charge in [0.25, 0.3) is 0 Å². The molecule has 2 atom stereocenters. The van der Waals surface area contributed by atoms with Gasteiger partial charge >= 0.3 is 0 Å². The van der Waals surface area contributed by atoms with Crippen LogP contribution in [0.1, 0.15) is 18.4 Å². The Kier molecular flexibility index (Phi) is 6.85. The molecule has 1 aromatic carbocycles. The second-order valence-corrected chi connectivity index (χ2v) is 7.98. The van der Waals surface area contributed by atoms with Crippen molar-refractivity contribution in [1.29, 1.82) is 0 Å². The molecule has 2 amide bonds. The first-order chi connectivity index (χ1) is 13.0. The molecular formula is C21H32N4O2. The second-order valence-electron chi connectivity index (χ2n) is 7.98. The Morgan fingerprint density at radius 3 is 2.44 bits per heavy atom. The van der Waals surface area contributed by atoms with Crippen LogP contribution >= 0.6 is 0 Å². The van der Waals surface area contributed by atoms with Crippen molar-refractivity contribution < 1.29 is 9.59 Å². The lowest BCUT2D eigenvalue weighted by molar-refractivity contribution is -0.136. The largest absolute Gasteiger partial charge is 0.356 e. The summed E-state index contributed by atoms with van der Waals surface area (Å²) in [5.41, 5.74) is 1.31. The molecule has 1 aliphatic heterocycles. The molecule has 0 spiro atoms. The van der Waals surface area contributed by atoms with Crippen LogP contribution in [0.3, 0.4) is 0 Å². The Morgan fingerprint density at radius 2 is 1.78 bits per heavy atom. The summed E-state index contributed by atoms with van der Waals surface area (Å²) in [6.07, 6.45) is 1.65. The van der Waals surface area contributed by atoms with Crippen molar-refractivity contribution >= 4 is 11.8 Å². The molecule has 3 rings (SSSR count). The number of carbonyl (C=O) groups is 2. The van der Waals surface area contributed by atoms with E-state index in [1.54, 1.807) is 0 Å². The topological polar surface area (TPSA) is 55.9 Å². The minimum absolute atomic E-state index is 0.0508. The van der Waals surface area contributed by atoms with Gasteiger partial charge in [-0.1, -0.05) is 30.3 Å². The maximum Gasteiger partial charge on any atom is 0.226 e. The number of nitrogens with zero attached hydrogens (tertiary/aromatic N) is 3. The Morgan fingerprint density at radius 1 is 1.07 bits per heavy atom. The van der Waals surface area contributed by atoms with E-state index in [4.69, 9.17) is 0 Å². The average Bonchev–Trinajstić information content (AvgIpc) is 3.47. The summed E-state index contributed by atoms with van der Waals surface area (Å²) < 4.78 is 0. The molecule has 2 aliphatic rings. The van der Waals surface area contributed by atoms with E-state index in [0.717, 1.165) is 45.7 Å². The molecule has 1 aliphatic carbocycles. The molecule has 0 radical (unpaired) electrons. The van der Waals surface area contributed by atoms with Crippen LogP contribution in [0.2, 0.25) is 0 Å². The number of nitrogens with one attached hydrogen (secondary N) is 1. The third-order valence-electron chi connectivity index (χ3n) is 5.46. The normalized spacial score (nSPS) is 22.7. The zero-order chi connectivity index (χ0) is 19.2. The molecule has 148 valence electrons. The average molecular weight is 373 g/mol. The van der Waals surface area contributed by atoms with Crippen LogP contribution in [-0.2, 0) is 16.1 Å². The molecule has 2 fully saturated rings. The van der Waals surface area contributed by atoms with Gasteiger partial charge in [-0.15, -0.1) is 0 Å². The van der Waals surface area contributed by atoms with Gasteiger partial charge in [0.1, 0.15) is 0 Å². The van der Waals surface area contributed by atoms with E-state index >= 15 is 0 Å². The number of benzene rings is 1. The molecule has 6 nitrogen and oxygen atoms in total. The van der Waals surface area contributed by atoms with Crippen LogP contribution in [-0.4, -0.2) is 79.9 Å². The Hall–Kier alpha value is -1.92. The summed E-state index contributed by atoms with van der Waals surface area (Å²) in [5, 5.41) is 2.98. The van der Waals surface area contributed by atoms with Crippen molar-refractivity contribution in [2.45, 2.75) is 19.4 Å². The number of carbonyl (C=O) groups excluding carboxylic acids is 2. The van der Waals surface area contributed by atoms with E-state index in [2.05, 4.69) is 39.4 Å². The lowest BCUT2D eigenvalue weighted by atomic mass is 10.2. The van der Waals surface area contributed by atoms with E-state index < -0.39 is 0 Å². The highest BCUT2D eigenvalue weighted by atomic mass is 16.2. The van der Waals surface area contributed by atoms with Gasteiger partial charge in [-0.05, 0) is 39.0 Å². The maximum atomic E-state index is 12.7. The van der Waals surface area contributed by atoms with Gasteiger partial charge in [-0.25, -0.2) is 0 Å². The minimum Gasteiger partial charge on any atom is -0.356 e. The fraction of sp³-hybridized carbons (Fsp3) is 0.619. The molecule has 1 N–H and O–H groups in total. The van der Waals surface area contributed by atoms with E-state index in [0.29, 0.717) is 13.0 Å². The number of hydrogen-bond donors (Lipinski definition) is 1. The summed E-state index contributed by atoms with van der Waals surface area (Å²) in [7, 11) is 4.05. The number of rotatable bonds is 8. The molecular weight excluding hydrogens is 340 g/mol. The third kappa shape index (κ3) is 5.78. The number of piperazine rings is 1. The lowest BCUT2D eigenvalue weighted by Crippen LogP contribution is -2.49. The van der Waals surface area contributed by atoms with Crippen LogP contribution in [0.15, 0.2) is 30.3 Å². The zero-order valence-electron chi connectivity index (χ0n) is 16.6. The molecule has 2 unspecified atom stereocenters. The van der Waals surface area contributed by atoms with Gasteiger partial charge in [0.15, 0.2) is 0 Å². The molecule has 1 saturated carbocycles. The molecule has 27 heavy (non-hydrogen) atoms. The molecule has 6 heteroatoms. The monoisotopic (exact) mass is 372 g/mol. The first kappa shape index (κ1) is 19.8. The summed E-state index contributed by atoms with van der Waals surface area (Å²) in [5.74, 6) is 0.0105. The summed E-state index contributed by atoms with van der Waals surface area (Å²) >= 11 is 0. The third-order valence-corrected chi connectivity index (χ3v) is 5.46. The lowest BCUT2D eigenvalue weighted by Gasteiger charge is -2.35. The summed E-state index contributed by atoms with van der Waals surface area (Å²) in [6.45, 7) is 5.90. The maximum absolute atomic E-state index is 12.7. The van der Waals surface area contributed by atoms with Crippen molar-refractivity contribution in [3.05, 3.63) is 35.9 Å². The van der Waals surface area contributed by atoms with Crippen molar-refractivity contribution in [3.63, 3.8) is 0 Å². The first-order valence-corrected chi connectivity index (χ1v) is 10.0. The molecule has 1 aromatic rings. The molecule has 0 bridgehead atoms. The highest BCUT2D eigenvalue weighted by molar-refractivity contribution is 5.92. The van der Waals surface area contributed by atoms with Crippen LogP contribution in [0.5, 0.6) is 0 Å². The Balaban J connectivity index is 1.36. The van der Waals surface area contributed by atoms with E-state index in [1.165, 1.54) is 5.56 Å². The quantitative estimate of drug-likeness (QED) is 0.693. The predicted molar refractivity (Wildman–Crippen MR) is 106 cm³/mol. The van der Waals surface area contributed by atoms with Gasteiger partial charge in [-0.2, -0.15) is 0 Å². The van der Waals surface area contributed by atoms with Gasteiger partial charge in [0.2, 0.25) is 11.8 Å². The molecule has 0 aromatic heterocycles. The SMILES string of the molecule is CN(C)CCCNC(=O)C1CC1C(=O)N1CCN(Cc2ccccc2)CC1. The molecule has 1 heterocycles. The standard InChI is InChI=1S/C21H32N4O2/c1-23(2)10-6-9-22-20(26)18-15-19(18)21(27)25-13-11-24(12-14-25)16-17-7-4-3-5-8-17/h3-5,7-8,18-19H,6,9-16H2,1-2H3,(H,22,26). The Labute approximate surface area is 162 Å². The number of amides is 2. The summed E-state index contributed by atoms with van der Waals surface area (Å²) in [6, 6.07) is 10.4. The van der Waals surface area contributed by atoms with Gasteiger partial charge < -0.3 is 15.1 Å². The fourth-order valence-electron chi connectivity index (χ4n) is 3.70. The van der Waals surface area contributed by atoms with Gasteiger partial charge in [0.05, 0.1) is 11.8 Å². The van der Waals surface area contributed by atoms with Crippen LogP contribution in [0, 0.1) is 11.8 Å². The number of hydrogen-bond acceptors (Lipinski definition) is 4.